The van der Waals surface area contributed by atoms with Crippen LogP contribution >= 0.6 is 11.8 Å². The van der Waals surface area contributed by atoms with Gasteiger partial charge in [-0.15, -0.1) is 0 Å². The van der Waals surface area contributed by atoms with E-state index in [2.05, 4.69) is 18.1 Å². The largest absolute Gasteiger partial charge is 0.497 e. The summed E-state index contributed by atoms with van der Waals surface area (Å²) in [5.74, 6) is 1.82. The van der Waals surface area contributed by atoms with E-state index in [4.69, 9.17) is 14.2 Å². The van der Waals surface area contributed by atoms with E-state index in [-0.39, 0.29) is 0 Å². The van der Waals surface area contributed by atoms with Crippen molar-refractivity contribution in [3.05, 3.63) is 66.7 Å². The molecule has 0 aromatic heterocycles. The van der Waals surface area contributed by atoms with Crippen LogP contribution in [0.1, 0.15) is 0 Å². The second-order valence-electron chi connectivity index (χ2n) is 4.84. The fourth-order valence-electron chi connectivity index (χ4n) is 1.99. The molecule has 0 aliphatic heterocycles. The van der Waals surface area contributed by atoms with Crippen molar-refractivity contribution in [1.29, 1.82) is 5.39 Å². The molecule has 0 bridgehead atoms. The molecule has 0 heterocycles. The van der Waals surface area contributed by atoms with E-state index in [1.165, 1.54) is 11.8 Å². The monoisotopic (exact) mass is 355 g/mol. The minimum Gasteiger partial charge on any atom is -0.497 e. The summed E-state index contributed by atoms with van der Waals surface area (Å²) in [6.07, 6.45) is 3.28. The molecule has 0 N–H and O–H groups in total. The summed E-state index contributed by atoms with van der Waals surface area (Å²) in [7, 11) is 1.63. The highest BCUT2D eigenvalue weighted by molar-refractivity contribution is 7.99. The molecule has 128 valence electrons. The Balaban J connectivity index is 2.37. The van der Waals surface area contributed by atoms with Crippen molar-refractivity contribution in [2.75, 3.05) is 20.3 Å². The molecule has 2 aromatic carbocycles. The molecule has 0 saturated heterocycles. The number of hydrogen-bond donors (Lipinski definition) is 0. The van der Waals surface area contributed by atoms with Crippen LogP contribution in [-0.2, 0) is 0 Å². The molecule has 0 atom stereocenters. The van der Waals surface area contributed by atoms with Crippen LogP contribution in [0.3, 0.4) is 0 Å². The van der Waals surface area contributed by atoms with Gasteiger partial charge in [0.25, 0.3) is 0 Å². The average Bonchev–Trinajstić information content (AvgIpc) is 2.65. The molecule has 0 unspecified atom stereocenters. The first kappa shape index (κ1) is 18.4. The van der Waals surface area contributed by atoms with Crippen molar-refractivity contribution in [2.24, 2.45) is 0 Å². The van der Waals surface area contributed by atoms with E-state index in [1.54, 1.807) is 31.4 Å². The summed E-state index contributed by atoms with van der Waals surface area (Å²) in [6.45, 7) is 7.93. The van der Waals surface area contributed by atoms with Crippen LogP contribution in [0.2, 0.25) is 0 Å². The predicted octanol–water partition coefficient (Wildman–Crippen LogP) is 5.46. The molecule has 0 aliphatic carbocycles. The third kappa shape index (κ3) is 5.03. The van der Waals surface area contributed by atoms with E-state index in [0.717, 1.165) is 15.5 Å². The van der Waals surface area contributed by atoms with Gasteiger partial charge in [0.15, 0.2) is 4.98 Å². The smallest absolute Gasteiger partial charge is 0.430 e. The lowest BCUT2D eigenvalue weighted by molar-refractivity contribution is 0.347. The number of methoxy groups -OCH3 is 1. The van der Waals surface area contributed by atoms with Gasteiger partial charge in [-0.1, -0.05) is 37.1 Å². The van der Waals surface area contributed by atoms with Crippen molar-refractivity contribution in [1.82, 2.24) is 0 Å². The van der Waals surface area contributed by atoms with E-state index in [9.17, 15) is 5.39 Å². The van der Waals surface area contributed by atoms with Gasteiger partial charge >= 0.3 is 5.69 Å². The topological polar surface area (TPSA) is 55.8 Å². The third-order valence-corrected chi connectivity index (χ3v) is 4.18. The number of hydrogen-bond acceptors (Lipinski definition) is 5. The second kappa shape index (κ2) is 9.40. The van der Waals surface area contributed by atoms with Gasteiger partial charge in [-0.05, 0) is 24.3 Å². The molecule has 6 heteroatoms. The Labute approximate surface area is 151 Å². The first-order chi connectivity index (χ1) is 12.2. The fourth-order valence-corrected chi connectivity index (χ4v) is 2.90. The zero-order valence-corrected chi connectivity index (χ0v) is 14.8. The minimum absolute atomic E-state index is 0.292. The van der Waals surface area contributed by atoms with E-state index < -0.39 is 0 Å². The van der Waals surface area contributed by atoms with Crippen LogP contribution in [-0.4, -0.2) is 20.3 Å². The summed E-state index contributed by atoms with van der Waals surface area (Å²) in [4.78, 5) is 5.11. The predicted molar refractivity (Wildman–Crippen MR) is 99.7 cm³/mol. The van der Waals surface area contributed by atoms with Crippen molar-refractivity contribution in [3.8, 4) is 17.2 Å². The summed E-state index contributed by atoms with van der Waals surface area (Å²) in [5.41, 5.74) is 0.292. The standard InChI is InChI=1S/C19H19N2O3S/c1-4-10-23-17-13-19(18(24-11-5-2)12-16(17)21-20)25-15-8-6-14(22-3)7-9-15/h4-9,12-13H,1-2,10-11H2,3H3/q+1. The third-order valence-electron chi connectivity index (χ3n) is 3.13. The maximum absolute atomic E-state index is 9.23. The lowest BCUT2D eigenvalue weighted by Crippen LogP contribution is -1.97. The molecule has 0 radical (unpaired) electrons. The van der Waals surface area contributed by atoms with Gasteiger partial charge in [-0.3, -0.25) is 0 Å². The molecular weight excluding hydrogens is 336 g/mol. The van der Waals surface area contributed by atoms with E-state index in [1.807, 2.05) is 24.3 Å². The molecule has 2 rings (SSSR count). The van der Waals surface area contributed by atoms with Crippen molar-refractivity contribution < 1.29 is 14.2 Å². The number of nitrogens with zero attached hydrogens (tertiary/aromatic N) is 2. The van der Waals surface area contributed by atoms with Crippen LogP contribution in [0.25, 0.3) is 4.98 Å². The van der Waals surface area contributed by atoms with E-state index in [0.29, 0.717) is 30.4 Å². The first-order valence-electron chi connectivity index (χ1n) is 7.54. The van der Waals surface area contributed by atoms with Crippen molar-refractivity contribution in [3.63, 3.8) is 0 Å². The fraction of sp³-hybridized carbons (Fsp3) is 0.158. The maximum atomic E-state index is 9.23. The Hall–Kier alpha value is -2.91. The van der Waals surface area contributed by atoms with Gasteiger partial charge in [-0.2, -0.15) is 0 Å². The zero-order chi connectivity index (χ0) is 18.1. The molecule has 2 aromatic rings. The van der Waals surface area contributed by atoms with Crippen LogP contribution in [0.4, 0.5) is 5.69 Å². The summed E-state index contributed by atoms with van der Waals surface area (Å²) in [5, 5.41) is 9.23. The Morgan fingerprint density at radius 1 is 1.04 bits per heavy atom. The van der Waals surface area contributed by atoms with Crippen LogP contribution in [0.5, 0.6) is 17.2 Å². The number of ether oxygens (including phenoxy) is 3. The number of diazo groups is 1. The molecular formula is C19H19N2O3S+. The normalized spacial score (nSPS) is 9.76. The quantitative estimate of drug-likeness (QED) is 0.441. The van der Waals surface area contributed by atoms with Gasteiger partial charge in [0.2, 0.25) is 11.1 Å². The molecule has 5 nitrogen and oxygen atoms in total. The summed E-state index contributed by atoms with van der Waals surface area (Å²) in [6, 6.07) is 11.1. The van der Waals surface area contributed by atoms with Crippen LogP contribution < -0.4 is 14.2 Å². The van der Waals surface area contributed by atoms with Gasteiger partial charge in [0, 0.05) is 11.0 Å². The van der Waals surface area contributed by atoms with Crippen molar-refractivity contribution in [2.45, 2.75) is 9.79 Å². The lowest BCUT2D eigenvalue weighted by atomic mass is 10.2. The van der Waals surface area contributed by atoms with Gasteiger partial charge in [0.1, 0.15) is 24.7 Å². The molecule has 0 spiro atoms. The summed E-state index contributed by atoms with van der Waals surface area (Å²) >= 11 is 1.51. The number of rotatable bonds is 9. The Kier molecular flexibility index (Phi) is 6.93. The highest BCUT2D eigenvalue weighted by Crippen LogP contribution is 2.43. The minimum atomic E-state index is 0.292. The molecule has 25 heavy (non-hydrogen) atoms. The Bertz CT molecular complexity index is 782. The molecule has 0 amide bonds. The van der Waals surface area contributed by atoms with Crippen LogP contribution in [0.15, 0.2) is 71.5 Å². The second-order valence-corrected chi connectivity index (χ2v) is 5.96. The van der Waals surface area contributed by atoms with Gasteiger partial charge < -0.3 is 14.2 Å². The Morgan fingerprint density at radius 2 is 1.68 bits per heavy atom. The first-order valence-corrected chi connectivity index (χ1v) is 8.36. The van der Waals surface area contributed by atoms with Gasteiger partial charge in [0.05, 0.1) is 18.1 Å². The SMILES string of the molecule is C=CCOc1cc(Sc2ccc(OC)cc2)c(OCC=C)cc1[N+]#N. The van der Waals surface area contributed by atoms with Crippen LogP contribution in [0, 0.1) is 5.39 Å². The number of benzene rings is 2. The average molecular weight is 355 g/mol. The highest BCUT2D eigenvalue weighted by atomic mass is 32.2. The van der Waals surface area contributed by atoms with Gasteiger partial charge in [-0.25, -0.2) is 0 Å². The Morgan fingerprint density at radius 3 is 2.24 bits per heavy atom. The lowest BCUT2D eigenvalue weighted by Gasteiger charge is -2.11. The summed E-state index contributed by atoms with van der Waals surface area (Å²) < 4.78 is 16.4. The molecule has 0 saturated carbocycles. The molecule has 0 aliphatic rings. The highest BCUT2D eigenvalue weighted by Gasteiger charge is 2.21. The maximum Gasteiger partial charge on any atom is 0.430 e. The molecule has 0 fully saturated rings. The van der Waals surface area contributed by atoms with Crippen molar-refractivity contribution >= 4 is 17.4 Å². The van der Waals surface area contributed by atoms with E-state index >= 15 is 0 Å². The zero-order valence-electron chi connectivity index (χ0n) is 14.0.